The molecule has 17 nitrogen and oxygen atoms in total. The Morgan fingerprint density at radius 1 is 0.273 bits per heavy atom. The maximum absolute atomic E-state index is 13.1. The Hall–Kier alpha value is -1.94. The molecule has 0 bridgehead atoms. The Morgan fingerprint density at radius 2 is 0.465 bits per heavy atom. The first-order valence-electron chi connectivity index (χ1n) is 41.5. The number of phosphoric acid groups is 2. The van der Waals surface area contributed by atoms with Crippen LogP contribution >= 0.6 is 15.6 Å². The van der Waals surface area contributed by atoms with Gasteiger partial charge in [-0.1, -0.05) is 369 Å². The number of carbonyl (C=O) groups is 4. The quantitative estimate of drug-likeness (QED) is 0.0222. The molecule has 0 spiro atoms. The molecule has 0 aliphatic carbocycles. The average molecular weight is 1450 g/mol. The summed E-state index contributed by atoms with van der Waals surface area (Å²) in [5.74, 6) is -0.600. The van der Waals surface area contributed by atoms with Gasteiger partial charge in [-0.2, -0.15) is 0 Å². The minimum Gasteiger partial charge on any atom is -0.462 e. The fourth-order valence-corrected chi connectivity index (χ4v) is 13.9. The molecule has 0 saturated carbocycles. The summed E-state index contributed by atoms with van der Waals surface area (Å²) in [6.45, 7) is 9.61. The van der Waals surface area contributed by atoms with Crippen molar-refractivity contribution in [1.82, 2.24) is 0 Å². The topological polar surface area (TPSA) is 237 Å². The fourth-order valence-electron chi connectivity index (χ4n) is 12.4. The molecule has 0 fully saturated rings. The zero-order valence-electron chi connectivity index (χ0n) is 64.8. The lowest BCUT2D eigenvalue weighted by Crippen LogP contribution is -2.30. The fraction of sp³-hybridized carbons (Fsp3) is 0.950. The van der Waals surface area contributed by atoms with Gasteiger partial charge < -0.3 is 33.8 Å². The van der Waals surface area contributed by atoms with Gasteiger partial charge in [-0.15, -0.1) is 0 Å². The van der Waals surface area contributed by atoms with Crippen LogP contribution in [0.15, 0.2) is 0 Å². The predicted molar refractivity (Wildman–Crippen MR) is 405 cm³/mol. The highest BCUT2D eigenvalue weighted by Gasteiger charge is 2.30. The molecule has 99 heavy (non-hydrogen) atoms. The van der Waals surface area contributed by atoms with E-state index in [0.29, 0.717) is 25.7 Å². The van der Waals surface area contributed by atoms with Crippen molar-refractivity contribution in [1.29, 1.82) is 0 Å². The molecule has 588 valence electrons. The first-order chi connectivity index (χ1) is 47.9. The van der Waals surface area contributed by atoms with Crippen LogP contribution in [0.2, 0.25) is 0 Å². The summed E-state index contributed by atoms with van der Waals surface area (Å²) in [7, 11) is -9.92. The third-order valence-corrected chi connectivity index (χ3v) is 20.6. The van der Waals surface area contributed by atoms with Crippen LogP contribution < -0.4 is 0 Å². The number of aliphatic hydroxyl groups excluding tert-OH is 1. The minimum absolute atomic E-state index is 0.108. The number of hydrogen-bond donors (Lipinski definition) is 3. The first-order valence-corrected chi connectivity index (χ1v) is 44.5. The molecule has 0 aliphatic heterocycles. The van der Waals surface area contributed by atoms with Crippen molar-refractivity contribution in [3.05, 3.63) is 0 Å². The zero-order valence-corrected chi connectivity index (χ0v) is 66.6. The molecular weight excluding hydrogens is 1290 g/mol. The Kier molecular flexibility index (Phi) is 70.3. The number of hydrogen-bond acceptors (Lipinski definition) is 15. The van der Waals surface area contributed by atoms with Crippen molar-refractivity contribution in [3.63, 3.8) is 0 Å². The van der Waals surface area contributed by atoms with Crippen LogP contribution in [0.5, 0.6) is 0 Å². The number of aliphatic hydroxyl groups is 1. The standard InChI is InChI=1S/C80H156O17P2/c1-7-9-11-13-15-17-19-21-23-24-25-27-29-35-39-47-53-59-65-79(84)96-75(68-90-77(82)62-56-50-44-37-33-31-30-32-36-42-48-54-60-72(3)4)70-94-98(86,87)92-66-74(81)67-93-99(88,89)95-71-76(69-91-78(83)63-57-51-45-41-40-43-49-55-61-73(5)6)97-80(85)64-58-52-46-38-34-28-26-22-20-18-16-14-12-10-8-2/h72-76,81H,7-71H2,1-6H3,(H,86,87)(H,88,89)/t74-,75-,76-/m1/s1. The van der Waals surface area contributed by atoms with Gasteiger partial charge in [-0.3, -0.25) is 37.3 Å². The van der Waals surface area contributed by atoms with Gasteiger partial charge in [-0.25, -0.2) is 9.13 Å². The van der Waals surface area contributed by atoms with Gasteiger partial charge in [0.25, 0.3) is 0 Å². The molecule has 2 unspecified atom stereocenters. The van der Waals surface area contributed by atoms with Crippen molar-refractivity contribution >= 4 is 39.5 Å². The highest BCUT2D eigenvalue weighted by Crippen LogP contribution is 2.45. The molecule has 19 heteroatoms. The summed E-state index contributed by atoms with van der Waals surface area (Å²) >= 11 is 0. The van der Waals surface area contributed by atoms with E-state index in [0.717, 1.165) is 102 Å². The third-order valence-electron chi connectivity index (χ3n) is 18.7. The second-order valence-electron chi connectivity index (χ2n) is 29.8. The maximum atomic E-state index is 13.1. The zero-order chi connectivity index (χ0) is 72.8. The number of carbonyl (C=O) groups excluding carboxylic acids is 4. The third kappa shape index (κ3) is 74.1. The van der Waals surface area contributed by atoms with E-state index in [1.54, 1.807) is 0 Å². The van der Waals surface area contributed by atoms with Gasteiger partial charge in [0.15, 0.2) is 12.2 Å². The van der Waals surface area contributed by atoms with Crippen LogP contribution in [-0.4, -0.2) is 96.7 Å². The number of ether oxygens (including phenoxy) is 4. The average Bonchev–Trinajstić information content (AvgIpc) is 0.968. The van der Waals surface area contributed by atoms with Gasteiger partial charge in [0.2, 0.25) is 0 Å². The second kappa shape index (κ2) is 71.7. The molecule has 3 N–H and O–H groups in total. The van der Waals surface area contributed by atoms with Gasteiger partial charge >= 0.3 is 39.5 Å². The van der Waals surface area contributed by atoms with Crippen molar-refractivity contribution < 1.29 is 80.2 Å². The van der Waals surface area contributed by atoms with Crippen molar-refractivity contribution in [2.75, 3.05) is 39.6 Å². The van der Waals surface area contributed by atoms with E-state index in [9.17, 15) is 43.2 Å². The van der Waals surface area contributed by atoms with Crippen molar-refractivity contribution in [3.8, 4) is 0 Å². The van der Waals surface area contributed by atoms with Gasteiger partial charge in [0.05, 0.1) is 26.4 Å². The predicted octanol–water partition coefficient (Wildman–Crippen LogP) is 23.9. The number of unbranched alkanes of at least 4 members (excludes halogenated alkanes) is 49. The second-order valence-corrected chi connectivity index (χ2v) is 32.7. The molecule has 0 aliphatic rings. The Morgan fingerprint density at radius 3 is 0.687 bits per heavy atom. The van der Waals surface area contributed by atoms with Gasteiger partial charge in [0.1, 0.15) is 19.3 Å². The SMILES string of the molecule is CCCCCCCCCCCCCCCCCCCCC(=O)O[C@H](COC(=O)CCCCCCCCCCCCCCC(C)C)COP(=O)(O)OC[C@@H](O)COP(=O)(O)OC[C@@H](COC(=O)CCCCCCCCCCC(C)C)OC(=O)CCCCCCCCCCCCCCCCC. The highest BCUT2D eigenvalue weighted by molar-refractivity contribution is 7.47. The van der Waals surface area contributed by atoms with Crippen LogP contribution in [0.3, 0.4) is 0 Å². The lowest BCUT2D eigenvalue weighted by molar-refractivity contribution is -0.161. The summed E-state index contributed by atoms with van der Waals surface area (Å²) in [5, 5.41) is 10.6. The summed E-state index contributed by atoms with van der Waals surface area (Å²) in [4.78, 5) is 73.0. The van der Waals surface area contributed by atoms with E-state index in [4.69, 9.17) is 37.0 Å². The molecule has 0 amide bonds. The van der Waals surface area contributed by atoms with Crippen LogP contribution in [0.4, 0.5) is 0 Å². The largest absolute Gasteiger partial charge is 0.472 e. The Bertz CT molecular complexity index is 1910. The normalized spacial score (nSPS) is 13.9. The molecule has 0 saturated heterocycles. The monoisotopic (exact) mass is 1450 g/mol. The highest BCUT2D eigenvalue weighted by atomic mass is 31.2. The summed E-state index contributed by atoms with van der Waals surface area (Å²) < 4.78 is 68.7. The van der Waals surface area contributed by atoms with E-state index >= 15 is 0 Å². The maximum Gasteiger partial charge on any atom is 0.472 e. The smallest absolute Gasteiger partial charge is 0.462 e. The summed E-state index contributed by atoms with van der Waals surface area (Å²) in [6.07, 6.45) is 61.0. The summed E-state index contributed by atoms with van der Waals surface area (Å²) in [6, 6.07) is 0. The molecular formula is C80H156O17P2. The lowest BCUT2D eigenvalue weighted by Gasteiger charge is -2.21. The van der Waals surface area contributed by atoms with E-state index < -0.39 is 97.5 Å². The van der Waals surface area contributed by atoms with Gasteiger partial charge in [0, 0.05) is 25.7 Å². The number of phosphoric ester groups is 2. The number of rotatable bonds is 79. The molecule has 0 heterocycles. The van der Waals surface area contributed by atoms with E-state index in [2.05, 4.69) is 41.5 Å². The van der Waals surface area contributed by atoms with Crippen LogP contribution in [0.1, 0.15) is 420 Å². The van der Waals surface area contributed by atoms with Crippen LogP contribution in [-0.2, 0) is 65.4 Å². The lowest BCUT2D eigenvalue weighted by atomic mass is 10.0. The van der Waals surface area contributed by atoms with Crippen molar-refractivity contribution in [2.45, 2.75) is 439 Å². The molecule has 0 aromatic heterocycles. The Balaban J connectivity index is 5.25. The summed E-state index contributed by atoms with van der Waals surface area (Å²) in [5.41, 5.74) is 0. The first kappa shape index (κ1) is 97.1. The molecule has 0 aromatic carbocycles. The van der Waals surface area contributed by atoms with Crippen LogP contribution in [0.25, 0.3) is 0 Å². The number of esters is 4. The molecule has 5 atom stereocenters. The minimum atomic E-state index is -4.96. The van der Waals surface area contributed by atoms with E-state index in [-0.39, 0.29) is 25.7 Å². The van der Waals surface area contributed by atoms with Crippen LogP contribution in [0, 0.1) is 11.8 Å². The molecule has 0 aromatic rings. The molecule has 0 radical (unpaired) electrons. The van der Waals surface area contributed by atoms with Gasteiger partial charge in [-0.05, 0) is 37.5 Å². The van der Waals surface area contributed by atoms with E-state index in [1.165, 1.54) is 238 Å². The van der Waals surface area contributed by atoms with Crippen molar-refractivity contribution in [2.24, 2.45) is 11.8 Å². The Labute approximate surface area is 607 Å². The van der Waals surface area contributed by atoms with E-state index in [1.807, 2.05) is 0 Å². The molecule has 0 rings (SSSR count).